The van der Waals surface area contributed by atoms with E-state index in [0.717, 1.165) is 0 Å². The third-order valence-electron chi connectivity index (χ3n) is 0.302. The average molecular weight is 130 g/mol. The fraction of sp³-hybridized carbons (Fsp3) is 0.333. The van der Waals surface area contributed by atoms with Crippen molar-refractivity contribution in [3.63, 3.8) is 0 Å². The Hall–Kier alpha value is -0.294. The average Bonchev–Trinajstić information content (AvgIpc) is 1.27. The van der Waals surface area contributed by atoms with Crippen LogP contribution in [0, 0.1) is 0 Å². The Balaban J connectivity index is 0. The lowest BCUT2D eigenvalue weighted by Crippen LogP contribution is -2.03. The summed E-state index contributed by atoms with van der Waals surface area (Å²) in [6.45, 7) is 0. The second-order valence-corrected chi connectivity index (χ2v) is 0.964. The Morgan fingerprint density at radius 2 is 1.38 bits per heavy atom. The molecule has 0 bridgehead atoms. The van der Waals surface area contributed by atoms with Crippen LogP contribution in [0.4, 0.5) is 0 Å². The highest BCUT2D eigenvalue weighted by Crippen LogP contribution is 1.74. The highest BCUT2D eigenvalue weighted by atomic mass is 24.3. The molecule has 4 nitrogen and oxygen atoms in total. The molecule has 0 aliphatic carbocycles. The first kappa shape index (κ1) is 10.6. The predicted molar refractivity (Wildman–Crippen MR) is 28.4 cm³/mol. The first-order chi connectivity index (χ1) is 3.13. The lowest BCUT2D eigenvalue weighted by molar-refractivity contribution is -0.147. The van der Waals surface area contributed by atoms with Crippen LogP contribution in [0.5, 0.6) is 0 Å². The lowest BCUT2D eigenvalue weighted by Gasteiger charge is -1.80. The van der Waals surface area contributed by atoms with Gasteiger partial charge in [-0.05, 0) is 0 Å². The maximum Gasteiger partial charge on any atom is 0.316 e. The van der Waals surface area contributed by atoms with Crippen molar-refractivity contribution in [1.29, 1.82) is 0 Å². The quantitative estimate of drug-likeness (QED) is 0.357. The van der Waals surface area contributed by atoms with Gasteiger partial charge in [0.05, 0.1) is 0 Å². The van der Waals surface area contributed by atoms with E-state index in [1.54, 1.807) is 0 Å². The summed E-state index contributed by atoms with van der Waals surface area (Å²) in [5.41, 5.74) is 0. The highest BCUT2D eigenvalue weighted by Gasteiger charge is 2.01. The van der Waals surface area contributed by atoms with Crippen LogP contribution in [0.1, 0.15) is 6.42 Å². The maximum atomic E-state index is 9.43. The second kappa shape index (κ2) is 4.86. The van der Waals surface area contributed by atoms with E-state index in [0.29, 0.717) is 0 Å². The van der Waals surface area contributed by atoms with Gasteiger partial charge in [-0.3, -0.25) is 9.59 Å². The maximum absolute atomic E-state index is 9.43. The predicted octanol–water partition coefficient (Wildman–Crippen LogP) is -1.37. The summed E-state index contributed by atoms with van der Waals surface area (Å²) in [5, 5.41) is 15.4. The van der Waals surface area contributed by atoms with Gasteiger partial charge in [0.25, 0.3) is 0 Å². The molecule has 0 spiro atoms. The summed E-state index contributed by atoms with van der Waals surface area (Å²) >= 11 is 0. The number of carboxylic acid groups (broad SMARTS) is 2. The number of rotatable bonds is 2. The number of carbonyl (C=O) groups is 2. The topological polar surface area (TPSA) is 74.6 Å². The van der Waals surface area contributed by atoms with Crippen molar-refractivity contribution < 1.29 is 19.8 Å². The van der Waals surface area contributed by atoms with E-state index in [1.165, 1.54) is 0 Å². The van der Waals surface area contributed by atoms with Crippen molar-refractivity contribution in [1.82, 2.24) is 0 Å². The molecular weight excluding hydrogens is 124 g/mol. The summed E-state index contributed by atoms with van der Waals surface area (Å²) in [7, 11) is 0. The molecule has 0 aliphatic rings. The zero-order valence-electron chi connectivity index (χ0n) is 3.42. The van der Waals surface area contributed by atoms with E-state index in [2.05, 4.69) is 0 Å². The van der Waals surface area contributed by atoms with Gasteiger partial charge < -0.3 is 10.2 Å². The fourth-order valence-electron chi connectivity index (χ4n) is 0.129. The molecular formula is C3H6MgO4. The van der Waals surface area contributed by atoms with E-state index >= 15 is 0 Å². The van der Waals surface area contributed by atoms with E-state index in [-0.39, 0.29) is 23.1 Å². The minimum absolute atomic E-state index is 0. The van der Waals surface area contributed by atoms with Crippen LogP contribution in [0.25, 0.3) is 0 Å². The molecule has 0 saturated carbocycles. The molecule has 0 radical (unpaired) electrons. The van der Waals surface area contributed by atoms with Crippen LogP contribution in [0.15, 0.2) is 0 Å². The van der Waals surface area contributed by atoms with Crippen LogP contribution in [0.3, 0.4) is 0 Å². The molecule has 0 rings (SSSR count). The van der Waals surface area contributed by atoms with Crippen molar-refractivity contribution in [3.05, 3.63) is 0 Å². The van der Waals surface area contributed by atoms with Crippen LogP contribution < -0.4 is 0 Å². The SMILES string of the molecule is O=C(O)CC(=O)O.[MgH2]. The standard InChI is InChI=1S/C3H4O4.Mg.2H/c4-2(5)1-3(6)7;;;/h1H2,(H,4,5)(H,6,7);;;. The van der Waals surface area contributed by atoms with Crippen LogP contribution in [0.2, 0.25) is 0 Å². The van der Waals surface area contributed by atoms with Gasteiger partial charge in [-0.2, -0.15) is 0 Å². The van der Waals surface area contributed by atoms with Gasteiger partial charge in [-0.15, -0.1) is 0 Å². The number of hydrogen-bond acceptors (Lipinski definition) is 2. The Morgan fingerprint density at radius 1 is 1.12 bits per heavy atom. The first-order valence-electron chi connectivity index (χ1n) is 1.56. The molecule has 8 heavy (non-hydrogen) atoms. The monoisotopic (exact) mass is 130 g/mol. The summed E-state index contributed by atoms with van der Waals surface area (Å²) < 4.78 is 0. The molecule has 2 N–H and O–H groups in total. The fourth-order valence-corrected chi connectivity index (χ4v) is 0.129. The minimum atomic E-state index is -1.31. The van der Waals surface area contributed by atoms with Gasteiger partial charge in [-0.25, -0.2) is 0 Å². The lowest BCUT2D eigenvalue weighted by atomic mass is 10.5. The normalized spacial score (nSPS) is 7.00. The third-order valence-corrected chi connectivity index (χ3v) is 0.302. The zero-order valence-corrected chi connectivity index (χ0v) is 3.42. The van der Waals surface area contributed by atoms with Crippen LogP contribution in [-0.4, -0.2) is 45.2 Å². The van der Waals surface area contributed by atoms with E-state index < -0.39 is 18.4 Å². The van der Waals surface area contributed by atoms with Gasteiger partial charge in [0.15, 0.2) is 0 Å². The summed E-state index contributed by atoms with van der Waals surface area (Å²) in [4.78, 5) is 18.9. The van der Waals surface area contributed by atoms with Crippen LogP contribution in [-0.2, 0) is 9.59 Å². The first-order valence-corrected chi connectivity index (χ1v) is 1.56. The molecule has 0 saturated heterocycles. The number of hydrogen-bond donors (Lipinski definition) is 2. The van der Waals surface area contributed by atoms with Crippen LogP contribution >= 0.6 is 0 Å². The van der Waals surface area contributed by atoms with Crippen molar-refractivity contribution in [2.24, 2.45) is 0 Å². The minimum Gasteiger partial charge on any atom is -0.481 e. The summed E-state index contributed by atoms with van der Waals surface area (Å²) in [5.74, 6) is -2.62. The smallest absolute Gasteiger partial charge is 0.316 e. The van der Waals surface area contributed by atoms with Crippen molar-refractivity contribution >= 4 is 35.0 Å². The highest BCUT2D eigenvalue weighted by molar-refractivity contribution is 5.88. The van der Waals surface area contributed by atoms with Gasteiger partial charge in [0.2, 0.25) is 0 Å². The molecule has 0 amide bonds. The third kappa shape index (κ3) is 9.20. The zero-order chi connectivity index (χ0) is 5.86. The summed E-state index contributed by atoms with van der Waals surface area (Å²) in [6, 6.07) is 0. The Labute approximate surface area is 61.7 Å². The molecule has 5 heteroatoms. The van der Waals surface area contributed by atoms with Gasteiger partial charge in [-0.1, -0.05) is 0 Å². The van der Waals surface area contributed by atoms with Crippen molar-refractivity contribution in [3.8, 4) is 0 Å². The molecule has 0 aliphatic heterocycles. The number of aliphatic carboxylic acids is 2. The van der Waals surface area contributed by atoms with E-state index in [1.807, 2.05) is 0 Å². The molecule has 0 unspecified atom stereocenters. The van der Waals surface area contributed by atoms with Gasteiger partial charge >= 0.3 is 35.0 Å². The number of carboxylic acids is 2. The molecule has 0 heterocycles. The Morgan fingerprint density at radius 3 is 1.38 bits per heavy atom. The van der Waals surface area contributed by atoms with E-state index in [4.69, 9.17) is 10.2 Å². The Kier molecular flexibility index (Phi) is 6.46. The van der Waals surface area contributed by atoms with E-state index in [9.17, 15) is 9.59 Å². The molecule has 0 aromatic heterocycles. The van der Waals surface area contributed by atoms with Crippen molar-refractivity contribution in [2.45, 2.75) is 6.42 Å². The molecule has 44 valence electrons. The molecule has 0 atom stereocenters. The van der Waals surface area contributed by atoms with Gasteiger partial charge in [0, 0.05) is 0 Å². The van der Waals surface area contributed by atoms with Gasteiger partial charge in [0.1, 0.15) is 6.42 Å². The summed E-state index contributed by atoms with van der Waals surface area (Å²) in [6.07, 6.45) is -0.806. The second-order valence-electron chi connectivity index (χ2n) is 0.964. The molecule has 0 aromatic rings. The molecule has 0 fully saturated rings. The van der Waals surface area contributed by atoms with Crippen molar-refractivity contribution in [2.75, 3.05) is 0 Å². The largest absolute Gasteiger partial charge is 0.481 e. The molecule has 0 aromatic carbocycles. The Bertz CT molecular complexity index is 87.5.